The van der Waals surface area contributed by atoms with Gasteiger partial charge in [0.15, 0.2) is 0 Å². The fraction of sp³-hybridized carbons (Fsp3) is 0.667. The summed E-state index contributed by atoms with van der Waals surface area (Å²) in [6.45, 7) is 11.3. The van der Waals surface area contributed by atoms with Gasteiger partial charge in [-0.15, -0.1) is 0 Å². The Labute approximate surface area is 154 Å². The van der Waals surface area contributed by atoms with Crippen LogP contribution in [-0.2, 0) is 9.47 Å². The van der Waals surface area contributed by atoms with Gasteiger partial charge in [0.2, 0.25) is 0 Å². The topological polar surface area (TPSA) is 63.7 Å². The molecule has 7 heteroatoms. The molecule has 1 fully saturated rings. The Hall–Kier alpha value is -1.53. The van der Waals surface area contributed by atoms with Gasteiger partial charge in [0.25, 0.3) is 0 Å². The van der Waals surface area contributed by atoms with Crippen molar-refractivity contribution in [3.8, 4) is 0 Å². The Morgan fingerprint density at radius 1 is 1.56 bits per heavy atom. The average Bonchev–Trinajstić information content (AvgIpc) is 2.49. The molecule has 0 aliphatic carbocycles. The molecule has 0 bridgehead atoms. The van der Waals surface area contributed by atoms with Gasteiger partial charge < -0.3 is 19.7 Å². The van der Waals surface area contributed by atoms with Crippen LogP contribution in [-0.4, -0.2) is 53.4 Å². The van der Waals surface area contributed by atoms with E-state index in [4.69, 9.17) is 21.1 Å². The van der Waals surface area contributed by atoms with E-state index in [0.29, 0.717) is 24.9 Å². The molecule has 2 unspecified atom stereocenters. The molecule has 2 heterocycles. The van der Waals surface area contributed by atoms with Gasteiger partial charge in [0.1, 0.15) is 10.8 Å². The van der Waals surface area contributed by atoms with E-state index in [0.717, 1.165) is 17.7 Å². The molecule has 1 aliphatic heterocycles. The van der Waals surface area contributed by atoms with Crippen molar-refractivity contribution < 1.29 is 14.3 Å². The number of nitrogens with zero attached hydrogens (tertiary/aromatic N) is 2. The highest BCUT2D eigenvalue weighted by Crippen LogP contribution is 2.21. The fourth-order valence-corrected chi connectivity index (χ4v) is 3.03. The van der Waals surface area contributed by atoms with E-state index in [1.54, 1.807) is 11.1 Å². The van der Waals surface area contributed by atoms with E-state index in [1.165, 1.54) is 0 Å². The Balaban J connectivity index is 1.99. The third-order valence-electron chi connectivity index (χ3n) is 3.96. The lowest BCUT2D eigenvalue weighted by Crippen LogP contribution is -2.51. The largest absolute Gasteiger partial charge is 0.444 e. The van der Waals surface area contributed by atoms with E-state index < -0.39 is 5.60 Å². The molecule has 140 valence electrons. The number of pyridine rings is 1. The molecule has 1 amide bonds. The lowest BCUT2D eigenvalue weighted by Gasteiger charge is -2.37. The number of amides is 1. The van der Waals surface area contributed by atoms with Crippen LogP contribution in [0.2, 0.25) is 5.15 Å². The third-order valence-corrected chi connectivity index (χ3v) is 4.17. The van der Waals surface area contributed by atoms with Crippen LogP contribution in [0.3, 0.4) is 0 Å². The summed E-state index contributed by atoms with van der Waals surface area (Å²) in [6.07, 6.45) is 2.20. The fourth-order valence-electron chi connectivity index (χ4n) is 2.82. The summed E-state index contributed by atoms with van der Waals surface area (Å²) >= 11 is 5.90. The van der Waals surface area contributed by atoms with Crippen molar-refractivity contribution in [1.82, 2.24) is 9.88 Å². The van der Waals surface area contributed by atoms with E-state index in [2.05, 4.69) is 17.2 Å². The predicted octanol–water partition coefficient (Wildman–Crippen LogP) is 3.87. The van der Waals surface area contributed by atoms with Gasteiger partial charge >= 0.3 is 6.09 Å². The Morgan fingerprint density at radius 3 is 2.92 bits per heavy atom. The zero-order valence-electron chi connectivity index (χ0n) is 15.6. The van der Waals surface area contributed by atoms with Gasteiger partial charge in [0, 0.05) is 12.6 Å². The zero-order chi connectivity index (χ0) is 18.6. The highest BCUT2D eigenvalue weighted by atomic mass is 35.5. The molecule has 0 spiro atoms. The standard InChI is InChI=1S/C18H28ClN3O3/c1-12-8-16(19)20-10-15(12)21-13(2)9-14-11-24-7-6-22(14)17(23)25-18(3,4)5/h8,10,13-14,21H,6-7,9,11H2,1-5H3. The number of hydrogen-bond acceptors (Lipinski definition) is 5. The number of carbonyl (C=O) groups is 1. The summed E-state index contributed by atoms with van der Waals surface area (Å²) in [4.78, 5) is 18.4. The average molecular weight is 370 g/mol. The van der Waals surface area contributed by atoms with E-state index in [1.807, 2.05) is 33.8 Å². The summed E-state index contributed by atoms with van der Waals surface area (Å²) in [6, 6.07) is 1.94. The SMILES string of the molecule is Cc1cc(Cl)ncc1NC(C)CC1COCCN1C(=O)OC(C)(C)C. The van der Waals surface area contributed by atoms with Crippen LogP contribution in [0, 0.1) is 6.92 Å². The molecule has 1 aliphatic rings. The number of rotatable bonds is 4. The van der Waals surface area contributed by atoms with Crippen molar-refractivity contribution >= 4 is 23.4 Å². The maximum absolute atomic E-state index is 12.5. The van der Waals surface area contributed by atoms with Crippen molar-refractivity contribution in [3.63, 3.8) is 0 Å². The second-order valence-corrected chi connectivity index (χ2v) is 7.89. The molecular weight excluding hydrogens is 342 g/mol. The zero-order valence-corrected chi connectivity index (χ0v) is 16.4. The highest BCUT2D eigenvalue weighted by Gasteiger charge is 2.31. The summed E-state index contributed by atoms with van der Waals surface area (Å²) in [5.74, 6) is 0. The van der Waals surface area contributed by atoms with Crippen molar-refractivity contribution in [2.45, 2.75) is 58.7 Å². The molecular formula is C18H28ClN3O3. The minimum atomic E-state index is -0.504. The Morgan fingerprint density at radius 2 is 2.28 bits per heavy atom. The van der Waals surface area contributed by atoms with Gasteiger partial charge in [-0.1, -0.05) is 11.6 Å². The number of hydrogen-bond donors (Lipinski definition) is 1. The molecule has 0 radical (unpaired) electrons. The molecule has 0 saturated carbocycles. The van der Waals surface area contributed by atoms with Crippen molar-refractivity contribution in [2.24, 2.45) is 0 Å². The summed E-state index contributed by atoms with van der Waals surface area (Å²) in [5, 5.41) is 3.92. The number of morpholine rings is 1. The first-order valence-corrected chi connectivity index (χ1v) is 8.99. The number of carbonyl (C=O) groups excluding carboxylic acids is 1. The monoisotopic (exact) mass is 369 g/mol. The first kappa shape index (κ1) is 19.8. The minimum Gasteiger partial charge on any atom is -0.444 e. The normalized spacial score (nSPS) is 19.4. The molecule has 2 atom stereocenters. The summed E-state index contributed by atoms with van der Waals surface area (Å²) in [5.41, 5.74) is 1.48. The number of nitrogens with one attached hydrogen (secondary N) is 1. The smallest absolute Gasteiger partial charge is 0.410 e. The number of anilines is 1. The van der Waals surface area contributed by atoms with Crippen LogP contribution in [0.15, 0.2) is 12.3 Å². The van der Waals surface area contributed by atoms with E-state index in [-0.39, 0.29) is 18.2 Å². The minimum absolute atomic E-state index is 0.0216. The molecule has 1 N–H and O–H groups in total. The molecule has 1 aromatic heterocycles. The van der Waals surface area contributed by atoms with Crippen molar-refractivity contribution in [3.05, 3.63) is 23.0 Å². The lowest BCUT2D eigenvalue weighted by molar-refractivity contribution is -0.0345. The van der Waals surface area contributed by atoms with Crippen LogP contribution in [0.4, 0.5) is 10.5 Å². The van der Waals surface area contributed by atoms with Gasteiger partial charge in [-0.05, 0) is 52.7 Å². The maximum Gasteiger partial charge on any atom is 0.410 e. The maximum atomic E-state index is 12.5. The van der Waals surface area contributed by atoms with E-state index >= 15 is 0 Å². The summed E-state index contributed by atoms with van der Waals surface area (Å²) in [7, 11) is 0. The van der Waals surface area contributed by atoms with Gasteiger partial charge in [-0.3, -0.25) is 0 Å². The van der Waals surface area contributed by atoms with Gasteiger partial charge in [-0.25, -0.2) is 9.78 Å². The number of halogens is 1. The second kappa shape index (κ2) is 8.23. The van der Waals surface area contributed by atoms with E-state index in [9.17, 15) is 4.79 Å². The Bertz CT molecular complexity index is 604. The predicted molar refractivity (Wildman–Crippen MR) is 99.2 cm³/mol. The second-order valence-electron chi connectivity index (χ2n) is 7.51. The van der Waals surface area contributed by atoms with Gasteiger partial charge in [-0.2, -0.15) is 0 Å². The molecule has 25 heavy (non-hydrogen) atoms. The van der Waals surface area contributed by atoms with Crippen LogP contribution in [0.1, 0.15) is 39.7 Å². The first-order chi connectivity index (χ1) is 11.7. The third kappa shape index (κ3) is 6.04. The van der Waals surface area contributed by atoms with Crippen LogP contribution in [0.25, 0.3) is 0 Å². The van der Waals surface area contributed by atoms with Gasteiger partial charge in [0.05, 0.1) is 31.1 Å². The quantitative estimate of drug-likeness (QED) is 0.816. The summed E-state index contributed by atoms with van der Waals surface area (Å²) < 4.78 is 11.1. The molecule has 1 aromatic rings. The molecule has 0 aromatic carbocycles. The van der Waals surface area contributed by atoms with Crippen molar-refractivity contribution in [2.75, 3.05) is 25.1 Å². The number of aromatic nitrogens is 1. The van der Waals surface area contributed by atoms with Crippen LogP contribution >= 0.6 is 11.6 Å². The molecule has 1 saturated heterocycles. The highest BCUT2D eigenvalue weighted by molar-refractivity contribution is 6.29. The lowest BCUT2D eigenvalue weighted by atomic mass is 10.1. The number of ether oxygens (including phenoxy) is 2. The van der Waals surface area contributed by atoms with Crippen LogP contribution in [0.5, 0.6) is 0 Å². The van der Waals surface area contributed by atoms with Crippen molar-refractivity contribution in [1.29, 1.82) is 0 Å². The molecule has 6 nitrogen and oxygen atoms in total. The number of aryl methyl sites for hydroxylation is 1. The Kier molecular flexibility index (Phi) is 6.52. The van der Waals surface area contributed by atoms with Crippen LogP contribution < -0.4 is 5.32 Å². The molecule has 2 rings (SSSR count). The first-order valence-electron chi connectivity index (χ1n) is 8.62.